The fraction of sp³-hybridized carbons (Fsp3) is 0.600. The topological polar surface area (TPSA) is 55.4 Å². The van der Waals surface area contributed by atoms with Crippen molar-refractivity contribution in [1.29, 1.82) is 0 Å². The Morgan fingerprint density at radius 2 is 2.05 bits per heavy atom. The van der Waals surface area contributed by atoms with Crippen molar-refractivity contribution in [2.24, 2.45) is 5.92 Å². The molecule has 0 amide bonds. The van der Waals surface area contributed by atoms with Crippen LogP contribution >= 0.6 is 15.9 Å². The van der Waals surface area contributed by atoms with Gasteiger partial charge in [0.1, 0.15) is 10.6 Å². The number of hydrogen-bond donors (Lipinski definition) is 1. The van der Waals surface area contributed by atoms with E-state index in [1.54, 1.807) is 18.2 Å². The molecule has 1 saturated carbocycles. The van der Waals surface area contributed by atoms with E-state index in [9.17, 15) is 8.42 Å². The summed E-state index contributed by atoms with van der Waals surface area (Å²) >= 11 is 3.33. The van der Waals surface area contributed by atoms with E-state index in [0.717, 1.165) is 23.7 Å². The highest BCUT2D eigenvalue weighted by molar-refractivity contribution is 9.10. The molecule has 1 N–H and O–H groups in total. The van der Waals surface area contributed by atoms with Gasteiger partial charge in [0.05, 0.1) is 6.61 Å². The molecule has 1 aromatic rings. The molecular formula is C15H22BrNO3S. The van der Waals surface area contributed by atoms with Gasteiger partial charge in [0, 0.05) is 10.5 Å². The zero-order valence-electron chi connectivity index (χ0n) is 12.4. The molecule has 0 bridgehead atoms. The van der Waals surface area contributed by atoms with Crippen molar-refractivity contribution in [1.82, 2.24) is 4.72 Å². The maximum absolute atomic E-state index is 12.7. The van der Waals surface area contributed by atoms with E-state index in [1.165, 1.54) is 6.42 Å². The molecule has 0 radical (unpaired) electrons. The van der Waals surface area contributed by atoms with Crippen molar-refractivity contribution in [2.45, 2.75) is 50.5 Å². The Bertz CT molecular complexity index is 589. The van der Waals surface area contributed by atoms with E-state index in [-0.39, 0.29) is 10.9 Å². The second-order valence-electron chi connectivity index (χ2n) is 5.51. The van der Waals surface area contributed by atoms with Gasteiger partial charge in [0.2, 0.25) is 10.0 Å². The summed E-state index contributed by atoms with van der Waals surface area (Å²) in [5, 5.41) is 0. The largest absolute Gasteiger partial charge is 0.492 e. The van der Waals surface area contributed by atoms with E-state index in [2.05, 4.69) is 27.6 Å². The van der Waals surface area contributed by atoms with Gasteiger partial charge in [0.25, 0.3) is 0 Å². The van der Waals surface area contributed by atoms with Crippen LogP contribution in [0.3, 0.4) is 0 Å². The molecule has 0 spiro atoms. The van der Waals surface area contributed by atoms with Crippen LogP contribution < -0.4 is 9.46 Å². The number of halogens is 1. The molecule has 118 valence electrons. The third-order valence-electron chi connectivity index (χ3n) is 3.91. The molecule has 21 heavy (non-hydrogen) atoms. The van der Waals surface area contributed by atoms with Gasteiger partial charge < -0.3 is 4.74 Å². The van der Waals surface area contributed by atoms with Crippen LogP contribution in [-0.2, 0) is 10.0 Å². The minimum atomic E-state index is -3.57. The van der Waals surface area contributed by atoms with Gasteiger partial charge in [-0.15, -0.1) is 0 Å². The normalized spacial score (nSPS) is 23.0. The van der Waals surface area contributed by atoms with Crippen molar-refractivity contribution in [3.63, 3.8) is 0 Å². The first-order chi connectivity index (χ1) is 9.94. The molecule has 0 unspecified atom stereocenters. The Labute approximate surface area is 135 Å². The first-order valence-corrected chi connectivity index (χ1v) is 9.66. The summed E-state index contributed by atoms with van der Waals surface area (Å²) in [6.45, 7) is 4.38. The molecule has 0 aromatic heterocycles. The van der Waals surface area contributed by atoms with Crippen LogP contribution in [0.2, 0.25) is 0 Å². The summed E-state index contributed by atoms with van der Waals surface area (Å²) in [6.07, 6.45) is 4.23. The average Bonchev–Trinajstić information content (AvgIpc) is 2.43. The van der Waals surface area contributed by atoms with E-state index in [0.29, 0.717) is 18.3 Å². The highest BCUT2D eigenvalue weighted by Gasteiger charge is 2.28. The van der Waals surface area contributed by atoms with Crippen LogP contribution in [0, 0.1) is 5.92 Å². The van der Waals surface area contributed by atoms with E-state index in [4.69, 9.17) is 4.74 Å². The van der Waals surface area contributed by atoms with Crippen LogP contribution in [0.5, 0.6) is 5.75 Å². The smallest absolute Gasteiger partial charge is 0.244 e. The van der Waals surface area contributed by atoms with E-state index in [1.807, 2.05) is 6.92 Å². The minimum absolute atomic E-state index is 0.0113. The second kappa shape index (κ2) is 7.11. The standard InChI is InChI=1S/C15H22BrNO3S/c1-3-20-14-9-8-12(16)10-15(14)21(18,19)17-13-7-5-4-6-11(13)2/h8-11,13,17H,3-7H2,1-2H3/t11-,13+/m1/s1. The molecule has 0 saturated heterocycles. The van der Waals surface area contributed by atoms with E-state index >= 15 is 0 Å². The molecular weight excluding hydrogens is 354 g/mol. The van der Waals surface area contributed by atoms with Crippen molar-refractivity contribution in [2.75, 3.05) is 6.61 Å². The first-order valence-electron chi connectivity index (χ1n) is 7.38. The van der Waals surface area contributed by atoms with Crippen molar-refractivity contribution < 1.29 is 13.2 Å². The van der Waals surface area contributed by atoms with Gasteiger partial charge in [-0.1, -0.05) is 35.7 Å². The lowest BCUT2D eigenvalue weighted by atomic mass is 9.87. The van der Waals surface area contributed by atoms with Gasteiger partial charge in [-0.3, -0.25) is 0 Å². The summed E-state index contributed by atoms with van der Waals surface area (Å²) in [5.41, 5.74) is 0. The lowest BCUT2D eigenvalue weighted by molar-refractivity contribution is 0.308. The SMILES string of the molecule is CCOc1ccc(Br)cc1S(=O)(=O)N[C@H]1CCCC[C@H]1C. The van der Waals surface area contributed by atoms with Crippen molar-refractivity contribution in [3.8, 4) is 5.75 Å². The molecule has 2 rings (SSSR count). The molecule has 0 heterocycles. The first kappa shape index (κ1) is 16.8. The lowest BCUT2D eigenvalue weighted by Gasteiger charge is -2.29. The molecule has 6 heteroatoms. The second-order valence-corrected chi connectivity index (χ2v) is 8.11. The lowest BCUT2D eigenvalue weighted by Crippen LogP contribution is -2.41. The predicted octanol–water partition coefficient (Wildman–Crippen LogP) is 3.70. The molecule has 4 nitrogen and oxygen atoms in total. The molecule has 0 aliphatic heterocycles. The number of sulfonamides is 1. The zero-order chi connectivity index (χ0) is 15.5. The number of rotatable bonds is 5. The Hall–Kier alpha value is -0.590. The van der Waals surface area contributed by atoms with Gasteiger partial charge in [0.15, 0.2) is 0 Å². The monoisotopic (exact) mass is 375 g/mol. The summed E-state index contributed by atoms with van der Waals surface area (Å²) in [6, 6.07) is 5.08. The van der Waals surface area contributed by atoms with E-state index < -0.39 is 10.0 Å². The Morgan fingerprint density at radius 3 is 2.71 bits per heavy atom. The van der Waals surface area contributed by atoms with Gasteiger partial charge in [-0.2, -0.15) is 0 Å². The highest BCUT2D eigenvalue weighted by Crippen LogP contribution is 2.30. The Kier molecular flexibility index (Phi) is 5.68. The van der Waals surface area contributed by atoms with Crippen LogP contribution in [0.4, 0.5) is 0 Å². The molecule has 1 aromatic carbocycles. The number of nitrogens with one attached hydrogen (secondary N) is 1. The number of ether oxygens (including phenoxy) is 1. The quantitative estimate of drug-likeness (QED) is 0.853. The van der Waals surface area contributed by atoms with Crippen LogP contribution in [0.1, 0.15) is 39.5 Å². The summed E-state index contributed by atoms with van der Waals surface area (Å²) < 4.78 is 34.4. The minimum Gasteiger partial charge on any atom is -0.492 e. The van der Waals surface area contributed by atoms with Crippen LogP contribution in [0.15, 0.2) is 27.6 Å². The molecule has 1 fully saturated rings. The van der Waals surface area contributed by atoms with Crippen LogP contribution in [0.25, 0.3) is 0 Å². The number of benzene rings is 1. The van der Waals surface area contributed by atoms with Gasteiger partial charge >= 0.3 is 0 Å². The van der Waals surface area contributed by atoms with Crippen LogP contribution in [-0.4, -0.2) is 21.1 Å². The fourth-order valence-electron chi connectivity index (χ4n) is 2.72. The Balaban J connectivity index is 2.28. The molecule has 1 aliphatic rings. The maximum Gasteiger partial charge on any atom is 0.244 e. The highest BCUT2D eigenvalue weighted by atomic mass is 79.9. The zero-order valence-corrected chi connectivity index (χ0v) is 14.8. The van der Waals surface area contributed by atoms with Crippen molar-refractivity contribution >= 4 is 26.0 Å². The number of hydrogen-bond acceptors (Lipinski definition) is 3. The third-order valence-corrected chi connectivity index (χ3v) is 5.92. The van der Waals surface area contributed by atoms with Gasteiger partial charge in [-0.05, 0) is 43.9 Å². The molecule has 1 aliphatic carbocycles. The summed E-state index contributed by atoms with van der Waals surface area (Å²) in [4.78, 5) is 0.205. The fourth-order valence-corrected chi connectivity index (χ4v) is 4.78. The Morgan fingerprint density at radius 1 is 1.33 bits per heavy atom. The average molecular weight is 376 g/mol. The summed E-state index contributed by atoms with van der Waals surface area (Å²) in [7, 11) is -3.57. The maximum atomic E-state index is 12.7. The van der Waals surface area contributed by atoms with Crippen molar-refractivity contribution in [3.05, 3.63) is 22.7 Å². The molecule has 2 atom stereocenters. The van der Waals surface area contributed by atoms with Gasteiger partial charge in [-0.25, -0.2) is 13.1 Å². The third kappa shape index (κ3) is 4.20. The predicted molar refractivity (Wildman–Crippen MR) is 87.1 cm³/mol. The summed E-state index contributed by atoms with van der Waals surface area (Å²) in [5.74, 6) is 0.771.